The van der Waals surface area contributed by atoms with Crippen LogP contribution in [0.4, 0.5) is 0 Å². The number of aliphatic imine (C=N–C) groups is 1. The Hall–Kier alpha value is -1.22. The van der Waals surface area contributed by atoms with Gasteiger partial charge in [0.05, 0.1) is 6.54 Å². The number of fused-ring (bicyclic) bond motifs is 1. The number of hydrogen-bond acceptors (Lipinski definition) is 4. The minimum atomic E-state index is 0. The van der Waals surface area contributed by atoms with Crippen LogP contribution in [0.1, 0.15) is 44.6 Å². The minimum absolute atomic E-state index is 0. The molecule has 1 saturated heterocycles. The topological polar surface area (TPSA) is 55.3 Å². The maximum Gasteiger partial charge on any atom is 0.231 e. The molecule has 2 aliphatic heterocycles. The second-order valence-corrected chi connectivity index (χ2v) is 8.28. The van der Waals surface area contributed by atoms with E-state index in [4.69, 9.17) is 19.2 Å². The summed E-state index contributed by atoms with van der Waals surface area (Å²) >= 11 is 0. The van der Waals surface area contributed by atoms with E-state index < -0.39 is 0 Å². The van der Waals surface area contributed by atoms with Gasteiger partial charge in [-0.2, -0.15) is 0 Å². The van der Waals surface area contributed by atoms with Gasteiger partial charge >= 0.3 is 0 Å². The van der Waals surface area contributed by atoms with Crippen molar-refractivity contribution in [2.75, 3.05) is 46.7 Å². The first kappa shape index (κ1) is 22.5. The van der Waals surface area contributed by atoms with Crippen LogP contribution in [0.5, 0.6) is 11.5 Å². The number of nitrogens with one attached hydrogen (secondary N) is 1. The standard InChI is InChI=1S/C22H33N3O3.HI/c1-3-23-21(25(2)11-6-17-7-12-26-13-8-17)24-15-22(9-10-22)18-4-5-19-20(14-18)28-16-27-19;/h4-5,14,17H,3,6-13,15-16H2,1-2H3,(H,23,24);1H. The molecule has 1 saturated carbocycles. The van der Waals surface area contributed by atoms with Crippen LogP contribution in [0.3, 0.4) is 0 Å². The van der Waals surface area contributed by atoms with Crippen molar-refractivity contribution in [1.29, 1.82) is 0 Å². The molecule has 29 heavy (non-hydrogen) atoms. The lowest BCUT2D eigenvalue weighted by Gasteiger charge is -2.27. The molecule has 0 aromatic heterocycles. The Bertz CT molecular complexity index is 703. The summed E-state index contributed by atoms with van der Waals surface area (Å²) in [5.41, 5.74) is 1.48. The molecule has 6 nitrogen and oxygen atoms in total. The van der Waals surface area contributed by atoms with Gasteiger partial charge in [-0.25, -0.2) is 0 Å². The van der Waals surface area contributed by atoms with Crippen LogP contribution in [0.25, 0.3) is 0 Å². The molecule has 1 aliphatic carbocycles. The summed E-state index contributed by atoms with van der Waals surface area (Å²) < 4.78 is 16.5. The molecule has 162 valence electrons. The highest BCUT2D eigenvalue weighted by Gasteiger charge is 2.44. The summed E-state index contributed by atoms with van der Waals surface area (Å²) in [6.07, 6.45) is 5.95. The van der Waals surface area contributed by atoms with Gasteiger partial charge in [-0.1, -0.05) is 6.07 Å². The number of halogens is 1. The van der Waals surface area contributed by atoms with Crippen molar-refractivity contribution in [3.05, 3.63) is 23.8 Å². The van der Waals surface area contributed by atoms with Gasteiger partial charge in [0.1, 0.15) is 0 Å². The number of hydrogen-bond donors (Lipinski definition) is 1. The molecule has 1 N–H and O–H groups in total. The molecule has 0 unspecified atom stereocenters. The molecule has 1 aromatic rings. The van der Waals surface area contributed by atoms with E-state index in [0.29, 0.717) is 6.79 Å². The molecular formula is C22H34IN3O3. The van der Waals surface area contributed by atoms with Crippen molar-refractivity contribution in [3.63, 3.8) is 0 Å². The SMILES string of the molecule is CCNC(=NCC1(c2ccc3c(c2)OCO3)CC1)N(C)CCC1CCOCC1.I. The fraction of sp³-hybridized carbons (Fsp3) is 0.682. The van der Waals surface area contributed by atoms with E-state index in [0.717, 1.165) is 56.2 Å². The smallest absolute Gasteiger partial charge is 0.231 e. The van der Waals surface area contributed by atoms with Crippen molar-refractivity contribution in [2.24, 2.45) is 10.9 Å². The molecule has 0 bridgehead atoms. The normalized spacial score (nSPS) is 20.1. The van der Waals surface area contributed by atoms with Gasteiger partial charge in [0, 0.05) is 38.8 Å². The third kappa shape index (κ3) is 5.48. The number of guanidine groups is 1. The van der Waals surface area contributed by atoms with Crippen molar-refractivity contribution in [3.8, 4) is 11.5 Å². The number of ether oxygens (including phenoxy) is 3. The summed E-state index contributed by atoms with van der Waals surface area (Å²) in [6, 6.07) is 6.36. The molecule has 0 radical (unpaired) electrons. The average molecular weight is 515 g/mol. The number of benzene rings is 1. The first-order valence-corrected chi connectivity index (χ1v) is 10.7. The lowest BCUT2D eigenvalue weighted by atomic mass is 9.95. The van der Waals surface area contributed by atoms with Gasteiger partial charge in [0.15, 0.2) is 17.5 Å². The zero-order chi connectivity index (χ0) is 19.4. The molecule has 7 heteroatoms. The number of rotatable bonds is 7. The third-order valence-corrected chi connectivity index (χ3v) is 6.28. The summed E-state index contributed by atoms with van der Waals surface area (Å²) in [4.78, 5) is 7.30. The molecule has 3 aliphatic rings. The van der Waals surface area contributed by atoms with Gasteiger partial charge in [-0.05, 0) is 62.6 Å². The molecular weight excluding hydrogens is 481 g/mol. The van der Waals surface area contributed by atoms with Gasteiger partial charge < -0.3 is 24.4 Å². The van der Waals surface area contributed by atoms with Crippen LogP contribution in [-0.4, -0.2) is 57.5 Å². The van der Waals surface area contributed by atoms with E-state index in [1.54, 1.807) is 0 Å². The van der Waals surface area contributed by atoms with E-state index in [1.165, 1.54) is 37.7 Å². The first-order chi connectivity index (χ1) is 13.7. The Morgan fingerprint density at radius 2 is 1.97 bits per heavy atom. The van der Waals surface area contributed by atoms with E-state index in [-0.39, 0.29) is 29.4 Å². The highest BCUT2D eigenvalue weighted by atomic mass is 127. The van der Waals surface area contributed by atoms with Gasteiger partial charge in [0.25, 0.3) is 0 Å². The molecule has 2 fully saturated rings. The average Bonchev–Trinajstić information content (AvgIpc) is 3.38. The lowest BCUT2D eigenvalue weighted by molar-refractivity contribution is 0.0625. The van der Waals surface area contributed by atoms with Crippen molar-refractivity contribution < 1.29 is 14.2 Å². The Morgan fingerprint density at radius 1 is 1.21 bits per heavy atom. The summed E-state index contributed by atoms with van der Waals surface area (Å²) in [5.74, 6) is 3.52. The van der Waals surface area contributed by atoms with Crippen LogP contribution in [-0.2, 0) is 10.2 Å². The Morgan fingerprint density at radius 3 is 2.69 bits per heavy atom. The van der Waals surface area contributed by atoms with E-state index in [1.807, 2.05) is 6.07 Å². The first-order valence-electron chi connectivity index (χ1n) is 10.7. The van der Waals surface area contributed by atoms with Crippen LogP contribution in [0.15, 0.2) is 23.2 Å². The van der Waals surface area contributed by atoms with Gasteiger partial charge in [-0.3, -0.25) is 4.99 Å². The van der Waals surface area contributed by atoms with Crippen LogP contribution in [0, 0.1) is 5.92 Å². The summed E-state index contributed by atoms with van der Waals surface area (Å²) in [7, 11) is 2.15. The molecule has 0 atom stereocenters. The highest BCUT2D eigenvalue weighted by molar-refractivity contribution is 14.0. The quantitative estimate of drug-likeness (QED) is 0.341. The monoisotopic (exact) mass is 515 g/mol. The Kier molecular flexibility index (Phi) is 7.90. The maximum atomic E-state index is 5.57. The van der Waals surface area contributed by atoms with E-state index in [9.17, 15) is 0 Å². The molecule has 2 heterocycles. The number of nitrogens with zero attached hydrogens (tertiary/aromatic N) is 2. The summed E-state index contributed by atoms with van der Waals surface area (Å²) in [5, 5.41) is 3.47. The zero-order valence-corrected chi connectivity index (χ0v) is 19.9. The van der Waals surface area contributed by atoms with E-state index in [2.05, 4.69) is 36.3 Å². The van der Waals surface area contributed by atoms with Crippen LogP contribution >= 0.6 is 24.0 Å². The predicted molar refractivity (Wildman–Crippen MR) is 126 cm³/mol. The second kappa shape index (κ2) is 10.2. The molecule has 4 rings (SSSR count). The summed E-state index contributed by atoms with van der Waals surface area (Å²) in [6.45, 7) is 7.03. The zero-order valence-electron chi connectivity index (χ0n) is 17.6. The predicted octanol–water partition coefficient (Wildman–Crippen LogP) is 3.78. The highest BCUT2D eigenvalue weighted by Crippen LogP contribution is 2.50. The second-order valence-electron chi connectivity index (χ2n) is 8.28. The lowest BCUT2D eigenvalue weighted by Crippen LogP contribution is -2.40. The van der Waals surface area contributed by atoms with Crippen molar-refractivity contribution in [1.82, 2.24) is 10.2 Å². The fourth-order valence-corrected chi connectivity index (χ4v) is 4.13. The van der Waals surface area contributed by atoms with Crippen molar-refractivity contribution >= 4 is 29.9 Å². The molecule has 0 amide bonds. The van der Waals surface area contributed by atoms with Gasteiger partial charge in [0.2, 0.25) is 6.79 Å². The maximum absolute atomic E-state index is 5.57. The molecule has 1 aromatic carbocycles. The van der Waals surface area contributed by atoms with Crippen LogP contribution < -0.4 is 14.8 Å². The van der Waals surface area contributed by atoms with E-state index >= 15 is 0 Å². The Labute approximate surface area is 191 Å². The minimum Gasteiger partial charge on any atom is -0.454 e. The third-order valence-electron chi connectivity index (χ3n) is 6.28. The van der Waals surface area contributed by atoms with Crippen molar-refractivity contribution in [2.45, 2.75) is 44.4 Å². The fourth-order valence-electron chi connectivity index (χ4n) is 4.13. The van der Waals surface area contributed by atoms with Crippen LogP contribution in [0.2, 0.25) is 0 Å². The molecule has 0 spiro atoms. The van der Waals surface area contributed by atoms with Gasteiger partial charge in [-0.15, -0.1) is 24.0 Å². The Balaban J connectivity index is 0.00000240. The largest absolute Gasteiger partial charge is 0.454 e.